The van der Waals surface area contributed by atoms with Crippen molar-refractivity contribution in [3.05, 3.63) is 57.1 Å². The summed E-state index contributed by atoms with van der Waals surface area (Å²) in [5.74, 6) is 0.587. The molecule has 1 aromatic carbocycles. The van der Waals surface area contributed by atoms with E-state index in [1.165, 1.54) is 0 Å². The first-order valence-corrected chi connectivity index (χ1v) is 10.6. The zero-order valence-corrected chi connectivity index (χ0v) is 17.5. The molecule has 150 valence electrons. The number of rotatable bonds is 4. The summed E-state index contributed by atoms with van der Waals surface area (Å²) >= 11 is 3.40. The molecule has 4 rings (SSSR count). The van der Waals surface area contributed by atoms with Crippen molar-refractivity contribution < 1.29 is 19.2 Å². The first-order valence-electron chi connectivity index (χ1n) is 9.82. The quantitative estimate of drug-likeness (QED) is 0.502. The fourth-order valence-corrected chi connectivity index (χ4v) is 4.12. The molecule has 0 bridgehead atoms. The number of carbonyl (C=O) groups excluding carboxylic acids is 2. The van der Waals surface area contributed by atoms with Crippen LogP contribution in [-0.4, -0.2) is 27.5 Å². The summed E-state index contributed by atoms with van der Waals surface area (Å²) in [5.41, 5.74) is 2.78. The van der Waals surface area contributed by atoms with Crippen LogP contribution in [0.1, 0.15) is 60.3 Å². The zero-order valence-electron chi connectivity index (χ0n) is 15.9. The number of aliphatic imine (C=N–C) groups is 1. The van der Waals surface area contributed by atoms with Crippen LogP contribution in [0.3, 0.4) is 0 Å². The van der Waals surface area contributed by atoms with Crippen LogP contribution in [0.4, 0.5) is 5.69 Å². The van der Waals surface area contributed by atoms with Gasteiger partial charge in [0.1, 0.15) is 11.5 Å². The summed E-state index contributed by atoms with van der Waals surface area (Å²) < 4.78 is 6.25. The molecule has 1 aromatic heterocycles. The summed E-state index contributed by atoms with van der Waals surface area (Å²) in [7, 11) is 0. The van der Waals surface area contributed by atoms with Crippen molar-refractivity contribution in [1.82, 2.24) is 5.16 Å². The highest BCUT2D eigenvalue weighted by atomic mass is 79.9. The Balaban J connectivity index is 1.59. The number of hydrogen-bond donors (Lipinski definition) is 1. The van der Waals surface area contributed by atoms with Gasteiger partial charge < -0.3 is 9.63 Å². The summed E-state index contributed by atoms with van der Waals surface area (Å²) in [6, 6.07) is 7.49. The molecule has 2 aromatic rings. The van der Waals surface area contributed by atoms with E-state index in [0.717, 1.165) is 23.0 Å². The second-order valence-corrected chi connectivity index (χ2v) is 8.25. The number of nitrogens with zero attached hydrogens (tertiary/aromatic N) is 2. The Labute approximate surface area is 176 Å². The van der Waals surface area contributed by atoms with Crippen LogP contribution in [0.25, 0.3) is 0 Å². The maximum absolute atomic E-state index is 12.5. The largest absolute Gasteiger partial charge is 0.511 e. The number of Topliss-reactive ketones (excluding diaryl/α,β-unsaturated/α-hetero) is 2. The molecular formula is C22H21BrN2O4. The fraction of sp³-hybridized carbons (Fsp3) is 0.364. The summed E-state index contributed by atoms with van der Waals surface area (Å²) in [6.07, 6.45) is 4.30. The van der Waals surface area contributed by atoms with Gasteiger partial charge in [-0.05, 0) is 43.5 Å². The van der Waals surface area contributed by atoms with E-state index in [9.17, 15) is 14.7 Å². The molecule has 0 aliphatic heterocycles. The van der Waals surface area contributed by atoms with E-state index in [1.54, 1.807) is 0 Å². The Bertz CT molecular complexity index is 1020. The molecule has 0 spiro atoms. The standard InChI is InChI=1S/C22H21BrN2O4/c23-13-7-9-14(10-8-13)24-15-3-1-4-17(26)21(15)19(28)12-11-16-22-18(27)5-2-6-20(22)29-25-16/h7-10,28H,1-6,11-12H2/b21-19+,24-15?. The third-order valence-corrected chi connectivity index (χ3v) is 5.81. The van der Waals surface area contributed by atoms with E-state index in [2.05, 4.69) is 26.1 Å². The van der Waals surface area contributed by atoms with Crippen LogP contribution in [0.15, 0.2) is 49.6 Å². The average molecular weight is 457 g/mol. The first kappa shape index (κ1) is 19.8. The van der Waals surface area contributed by atoms with Gasteiger partial charge >= 0.3 is 0 Å². The number of carbonyl (C=O) groups is 2. The maximum atomic E-state index is 12.5. The number of aliphatic hydroxyl groups is 1. The van der Waals surface area contributed by atoms with Crippen LogP contribution < -0.4 is 0 Å². The monoisotopic (exact) mass is 456 g/mol. The molecule has 0 atom stereocenters. The fourth-order valence-electron chi connectivity index (χ4n) is 3.85. The smallest absolute Gasteiger partial charge is 0.168 e. The minimum Gasteiger partial charge on any atom is -0.511 e. The lowest BCUT2D eigenvalue weighted by Crippen LogP contribution is -2.21. The SMILES string of the molecule is O=C1CCCC(=Nc2ccc(Br)cc2)/C1=C(\O)CCc1noc2c1C(=O)CCC2. The topological polar surface area (TPSA) is 92.8 Å². The number of aromatic nitrogens is 1. The van der Waals surface area contributed by atoms with Crippen LogP contribution in [0.5, 0.6) is 0 Å². The van der Waals surface area contributed by atoms with Crippen molar-refractivity contribution in [2.24, 2.45) is 4.99 Å². The average Bonchev–Trinajstić information content (AvgIpc) is 3.12. The molecule has 2 aliphatic carbocycles. The van der Waals surface area contributed by atoms with Crippen LogP contribution in [0.2, 0.25) is 0 Å². The van der Waals surface area contributed by atoms with Crippen molar-refractivity contribution in [3.8, 4) is 0 Å². The highest BCUT2D eigenvalue weighted by Gasteiger charge is 2.28. The van der Waals surface area contributed by atoms with Gasteiger partial charge in [0.15, 0.2) is 11.6 Å². The number of aliphatic hydroxyl groups excluding tert-OH is 1. The van der Waals surface area contributed by atoms with Crippen LogP contribution in [0, 0.1) is 0 Å². The van der Waals surface area contributed by atoms with Gasteiger partial charge in [-0.2, -0.15) is 0 Å². The molecule has 1 N–H and O–H groups in total. The van der Waals surface area contributed by atoms with Crippen LogP contribution in [-0.2, 0) is 17.6 Å². The molecule has 6 nitrogen and oxygen atoms in total. The summed E-state index contributed by atoms with van der Waals surface area (Å²) in [4.78, 5) is 29.3. The maximum Gasteiger partial charge on any atom is 0.168 e. The lowest BCUT2D eigenvalue weighted by molar-refractivity contribution is -0.115. The van der Waals surface area contributed by atoms with E-state index in [0.29, 0.717) is 60.4 Å². The number of benzene rings is 1. The van der Waals surface area contributed by atoms with E-state index in [1.807, 2.05) is 24.3 Å². The minimum absolute atomic E-state index is 0.00516. The third kappa shape index (κ3) is 4.24. The van der Waals surface area contributed by atoms with E-state index >= 15 is 0 Å². The van der Waals surface area contributed by atoms with Crippen molar-refractivity contribution in [2.75, 3.05) is 0 Å². The second-order valence-electron chi connectivity index (χ2n) is 7.34. The second kappa shape index (κ2) is 8.45. The van der Waals surface area contributed by atoms with Gasteiger partial charge in [-0.1, -0.05) is 21.1 Å². The number of halogens is 1. The van der Waals surface area contributed by atoms with Crippen molar-refractivity contribution in [3.63, 3.8) is 0 Å². The van der Waals surface area contributed by atoms with Gasteiger partial charge in [-0.25, -0.2) is 0 Å². The molecule has 7 heteroatoms. The Morgan fingerprint density at radius 2 is 1.79 bits per heavy atom. The number of fused-ring (bicyclic) bond motifs is 1. The molecular weight excluding hydrogens is 436 g/mol. The van der Waals surface area contributed by atoms with E-state index < -0.39 is 0 Å². The zero-order chi connectivity index (χ0) is 20.4. The van der Waals surface area contributed by atoms with Crippen molar-refractivity contribution >= 4 is 38.9 Å². The molecule has 0 amide bonds. The normalized spacial score (nSPS) is 20.1. The van der Waals surface area contributed by atoms with Gasteiger partial charge in [0.05, 0.1) is 28.2 Å². The Hall–Kier alpha value is -2.54. The lowest BCUT2D eigenvalue weighted by atomic mass is 9.88. The third-order valence-electron chi connectivity index (χ3n) is 5.28. The molecule has 2 aliphatic rings. The van der Waals surface area contributed by atoms with Gasteiger partial charge in [0.25, 0.3) is 0 Å². The lowest BCUT2D eigenvalue weighted by Gasteiger charge is -2.18. The molecule has 0 radical (unpaired) electrons. The predicted molar refractivity (Wildman–Crippen MR) is 112 cm³/mol. The van der Waals surface area contributed by atoms with Crippen LogP contribution >= 0.6 is 15.9 Å². The molecule has 1 fully saturated rings. The molecule has 1 heterocycles. The van der Waals surface area contributed by atoms with Crippen molar-refractivity contribution in [2.45, 2.75) is 51.4 Å². The van der Waals surface area contributed by atoms with E-state index in [4.69, 9.17) is 4.52 Å². The Morgan fingerprint density at radius 1 is 1.07 bits per heavy atom. The number of hydrogen-bond acceptors (Lipinski definition) is 6. The summed E-state index contributed by atoms with van der Waals surface area (Å²) in [6.45, 7) is 0. The van der Waals surface area contributed by atoms with Crippen molar-refractivity contribution in [1.29, 1.82) is 0 Å². The molecule has 29 heavy (non-hydrogen) atoms. The first-order chi connectivity index (χ1) is 14.0. The summed E-state index contributed by atoms with van der Waals surface area (Å²) in [5, 5.41) is 14.8. The Kier molecular flexibility index (Phi) is 5.76. The minimum atomic E-state index is -0.0946. The molecule has 0 saturated heterocycles. The van der Waals surface area contributed by atoms with E-state index in [-0.39, 0.29) is 23.7 Å². The molecule has 0 unspecified atom stereocenters. The Morgan fingerprint density at radius 3 is 2.59 bits per heavy atom. The predicted octanol–water partition coefficient (Wildman–Crippen LogP) is 5.23. The van der Waals surface area contributed by atoms with Gasteiger partial charge in [0, 0.05) is 36.6 Å². The number of allylic oxidation sites excluding steroid dienone is 2. The number of aryl methyl sites for hydroxylation is 2. The van der Waals surface area contributed by atoms with Gasteiger partial charge in [-0.15, -0.1) is 0 Å². The highest BCUT2D eigenvalue weighted by Crippen LogP contribution is 2.28. The number of ketones is 2. The van der Waals surface area contributed by atoms with Gasteiger partial charge in [0.2, 0.25) is 0 Å². The van der Waals surface area contributed by atoms with Gasteiger partial charge in [-0.3, -0.25) is 14.6 Å². The molecule has 1 saturated carbocycles. The highest BCUT2D eigenvalue weighted by molar-refractivity contribution is 9.10.